The van der Waals surface area contributed by atoms with Crippen molar-refractivity contribution in [3.63, 3.8) is 0 Å². The van der Waals surface area contributed by atoms with E-state index in [0.29, 0.717) is 19.2 Å². The Balaban J connectivity index is 1.83. The molecule has 18 heavy (non-hydrogen) atoms. The van der Waals surface area contributed by atoms with Gasteiger partial charge in [-0.3, -0.25) is 0 Å². The highest BCUT2D eigenvalue weighted by Gasteiger charge is 2.19. The van der Waals surface area contributed by atoms with Crippen LogP contribution >= 0.6 is 0 Å². The van der Waals surface area contributed by atoms with Crippen molar-refractivity contribution in [3.05, 3.63) is 35.9 Å². The van der Waals surface area contributed by atoms with E-state index in [0.717, 1.165) is 25.1 Å². The number of amides is 1. The summed E-state index contributed by atoms with van der Waals surface area (Å²) in [6.07, 6.45) is 0.763. The second-order valence-electron chi connectivity index (χ2n) is 4.69. The zero-order valence-corrected chi connectivity index (χ0v) is 10.8. The number of hydrogen-bond acceptors (Lipinski definition) is 3. The van der Waals surface area contributed by atoms with Gasteiger partial charge in [-0.25, -0.2) is 4.79 Å². The van der Waals surface area contributed by atoms with Crippen LogP contribution in [0.5, 0.6) is 0 Å². The summed E-state index contributed by atoms with van der Waals surface area (Å²) < 4.78 is 5.33. The third-order valence-electron chi connectivity index (χ3n) is 3.06. The van der Waals surface area contributed by atoms with Crippen LogP contribution in [0.3, 0.4) is 0 Å². The fourth-order valence-corrected chi connectivity index (χ4v) is 2.08. The van der Waals surface area contributed by atoms with Crippen LogP contribution in [0, 0.1) is 0 Å². The lowest BCUT2D eigenvalue weighted by atomic mass is 10.2. The summed E-state index contributed by atoms with van der Waals surface area (Å²) in [4.78, 5) is 13.7. The number of carbonyl (C=O) groups excluding carboxylic acids is 1. The first-order valence-electron chi connectivity index (χ1n) is 6.45. The second-order valence-corrected chi connectivity index (χ2v) is 4.69. The summed E-state index contributed by atoms with van der Waals surface area (Å²) in [5.74, 6) is 0. The molecule has 1 saturated heterocycles. The molecule has 0 spiro atoms. The summed E-state index contributed by atoms with van der Waals surface area (Å²) in [6, 6.07) is 10.1. The molecule has 0 bridgehead atoms. The molecule has 1 aliphatic rings. The van der Waals surface area contributed by atoms with Gasteiger partial charge in [-0.05, 0) is 25.5 Å². The number of nitrogens with one attached hydrogen (secondary N) is 1. The maximum atomic E-state index is 11.9. The van der Waals surface area contributed by atoms with Crippen molar-refractivity contribution in [2.24, 2.45) is 0 Å². The SMILES string of the molecule is C[C@H]1CN(C(=O)OCc2ccccc2)CCCN1. The minimum absolute atomic E-state index is 0.214. The Bertz CT molecular complexity index is 381. The topological polar surface area (TPSA) is 41.6 Å². The molecule has 1 fully saturated rings. The molecule has 0 saturated carbocycles. The molecule has 1 amide bonds. The first-order valence-corrected chi connectivity index (χ1v) is 6.45. The van der Waals surface area contributed by atoms with Crippen LogP contribution in [0.25, 0.3) is 0 Å². The molecule has 1 aromatic rings. The lowest BCUT2D eigenvalue weighted by Gasteiger charge is -2.21. The van der Waals surface area contributed by atoms with Crippen LogP contribution in [0.1, 0.15) is 18.9 Å². The molecular formula is C14H20N2O2. The van der Waals surface area contributed by atoms with E-state index in [-0.39, 0.29) is 6.09 Å². The summed E-state index contributed by atoms with van der Waals surface area (Å²) in [7, 11) is 0. The quantitative estimate of drug-likeness (QED) is 0.870. The maximum absolute atomic E-state index is 11.9. The highest BCUT2D eigenvalue weighted by molar-refractivity contribution is 5.67. The van der Waals surface area contributed by atoms with Crippen molar-refractivity contribution in [3.8, 4) is 0 Å². The average Bonchev–Trinajstić information content (AvgIpc) is 2.62. The van der Waals surface area contributed by atoms with Gasteiger partial charge >= 0.3 is 6.09 Å². The molecule has 4 heteroatoms. The Morgan fingerprint density at radius 2 is 2.22 bits per heavy atom. The molecule has 1 atom stereocenters. The third kappa shape index (κ3) is 3.74. The van der Waals surface area contributed by atoms with Gasteiger partial charge in [-0.2, -0.15) is 0 Å². The van der Waals surface area contributed by atoms with Gasteiger partial charge in [0.15, 0.2) is 0 Å². The molecule has 0 aromatic heterocycles. The first kappa shape index (κ1) is 12.9. The minimum atomic E-state index is -0.214. The summed E-state index contributed by atoms with van der Waals surface area (Å²) in [6.45, 7) is 4.88. The fourth-order valence-electron chi connectivity index (χ4n) is 2.08. The molecule has 1 aliphatic heterocycles. The molecule has 1 aromatic carbocycles. The van der Waals surface area contributed by atoms with Crippen LogP contribution in [0.2, 0.25) is 0 Å². The van der Waals surface area contributed by atoms with E-state index in [2.05, 4.69) is 12.2 Å². The Kier molecular flexibility index (Phi) is 4.59. The van der Waals surface area contributed by atoms with E-state index in [1.807, 2.05) is 30.3 Å². The Hall–Kier alpha value is -1.55. The van der Waals surface area contributed by atoms with Crippen molar-refractivity contribution >= 4 is 6.09 Å². The third-order valence-corrected chi connectivity index (χ3v) is 3.06. The number of nitrogens with zero attached hydrogens (tertiary/aromatic N) is 1. The van der Waals surface area contributed by atoms with E-state index in [9.17, 15) is 4.79 Å². The van der Waals surface area contributed by atoms with Crippen molar-refractivity contribution in [2.75, 3.05) is 19.6 Å². The van der Waals surface area contributed by atoms with Crippen molar-refractivity contribution in [2.45, 2.75) is 26.0 Å². The molecular weight excluding hydrogens is 228 g/mol. The van der Waals surface area contributed by atoms with E-state index >= 15 is 0 Å². The standard InChI is InChI=1S/C14H20N2O2/c1-12-10-16(9-5-8-15-12)14(17)18-11-13-6-3-2-4-7-13/h2-4,6-7,12,15H,5,8-11H2,1H3/t12-/m0/s1. The van der Waals surface area contributed by atoms with Gasteiger partial charge in [0.05, 0.1) is 0 Å². The normalized spacial score (nSPS) is 20.3. The number of ether oxygens (including phenoxy) is 1. The van der Waals surface area contributed by atoms with Crippen LogP contribution in [0.4, 0.5) is 4.79 Å². The molecule has 0 unspecified atom stereocenters. The molecule has 1 heterocycles. The highest BCUT2D eigenvalue weighted by atomic mass is 16.6. The monoisotopic (exact) mass is 248 g/mol. The second kappa shape index (κ2) is 6.40. The molecule has 1 N–H and O–H groups in total. The number of carbonyl (C=O) groups is 1. The van der Waals surface area contributed by atoms with Crippen LogP contribution in [-0.4, -0.2) is 36.7 Å². The summed E-state index contributed by atoms with van der Waals surface area (Å²) in [5, 5.41) is 3.35. The largest absolute Gasteiger partial charge is 0.445 e. The maximum Gasteiger partial charge on any atom is 0.410 e. The summed E-state index contributed by atoms with van der Waals surface area (Å²) in [5.41, 5.74) is 1.02. The fraction of sp³-hybridized carbons (Fsp3) is 0.500. The predicted molar refractivity (Wildman–Crippen MR) is 70.3 cm³/mol. The van der Waals surface area contributed by atoms with Crippen molar-refractivity contribution < 1.29 is 9.53 Å². The Morgan fingerprint density at radius 3 is 3.00 bits per heavy atom. The van der Waals surface area contributed by atoms with Gasteiger partial charge in [-0.1, -0.05) is 30.3 Å². The molecule has 2 rings (SSSR count). The predicted octanol–water partition coefficient (Wildman–Crippen LogP) is 2.01. The van der Waals surface area contributed by atoms with Gasteiger partial charge in [0.1, 0.15) is 6.61 Å². The average molecular weight is 248 g/mol. The highest BCUT2D eigenvalue weighted by Crippen LogP contribution is 2.06. The number of rotatable bonds is 2. The van der Waals surface area contributed by atoms with E-state index in [1.165, 1.54) is 0 Å². The zero-order valence-electron chi connectivity index (χ0n) is 10.8. The van der Waals surface area contributed by atoms with Crippen molar-refractivity contribution in [1.82, 2.24) is 10.2 Å². The smallest absolute Gasteiger partial charge is 0.410 e. The lowest BCUT2D eigenvalue weighted by Crippen LogP contribution is -2.39. The van der Waals surface area contributed by atoms with Gasteiger partial charge < -0.3 is 15.0 Å². The van der Waals surface area contributed by atoms with E-state index in [1.54, 1.807) is 4.90 Å². The minimum Gasteiger partial charge on any atom is -0.445 e. The van der Waals surface area contributed by atoms with Crippen LogP contribution in [0.15, 0.2) is 30.3 Å². The summed E-state index contributed by atoms with van der Waals surface area (Å²) >= 11 is 0. The van der Waals surface area contributed by atoms with E-state index < -0.39 is 0 Å². The van der Waals surface area contributed by atoms with Crippen LogP contribution < -0.4 is 5.32 Å². The first-order chi connectivity index (χ1) is 8.75. The van der Waals surface area contributed by atoms with Gasteiger partial charge in [-0.15, -0.1) is 0 Å². The number of benzene rings is 1. The molecule has 0 aliphatic carbocycles. The Morgan fingerprint density at radius 1 is 1.44 bits per heavy atom. The molecule has 0 radical (unpaired) electrons. The van der Waals surface area contributed by atoms with Gasteiger partial charge in [0, 0.05) is 19.1 Å². The molecule has 98 valence electrons. The van der Waals surface area contributed by atoms with Crippen molar-refractivity contribution in [1.29, 1.82) is 0 Å². The van der Waals surface area contributed by atoms with Gasteiger partial charge in [0.25, 0.3) is 0 Å². The molecule has 4 nitrogen and oxygen atoms in total. The Labute approximate surface area is 108 Å². The van der Waals surface area contributed by atoms with Crippen LogP contribution in [-0.2, 0) is 11.3 Å². The van der Waals surface area contributed by atoms with Gasteiger partial charge in [0.2, 0.25) is 0 Å². The zero-order chi connectivity index (χ0) is 12.8. The number of hydrogen-bond donors (Lipinski definition) is 1. The lowest BCUT2D eigenvalue weighted by molar-refractivity contribution is 0.0961. The van der Waals surface area contributed by atoms with E-state index in [4.69, 9.17) is 4.74 Å².